The Labute approximate surface area is 146 Å². The van der Waals surface area contributed by atoms with Gasteiger partial charge < -0.3 is 14.2 Å². The molecule has 2 aromatic carbocycles. The lowest BCUT2D eigenvalue weighted by molar-refractivity contribution is 0.104. The molecule has 0 fully saturated rings. The molecule has 0 spiro atoms. The van der Waals surface area contributed by atoms with Crippen molar-refractivity contribution in [2.24, 2.45) is 0 Å². The highest BCUT2D eigenvalue weighted by Gasteiger charge is 2.12. The minimum Gasteiger partial charge on any atom is -0.495 e. The molecule has 5 heteroatoms. The molecule has 0 N–H and O–H groups in total. The average molecular weight is 347 g/mol. The maximum Gasteiger partial charge on any atom is 0.186 e. The van der Waals surface area contributed by atoms with E-state index < -0.39 is 0 Å². The van der Waals surface area contributed by atoms with Crippen molar-refractivity contribution in [3.05, 3.63) is 58.1 Å². The van der Waals surface area contributed by atoms with Crippen LogP contribution in [0.3, 0.4) is 0 Å². The number of hydrogen-bond acceptors (Lipinski definition) is 4. The minimum absolute atomic E-state index is 0.125. The normalized spacial score (nSPS) is 10.7. The first-order valence-electron chi connectivity index (χ1n) is 7.28. The fourth-order valence-electron chi connectivity index (χ4n) is 2.29. The zero-order chi connectivity index (χ0) is 17.7. The number of benzene rings is 2. The van der Waals surface area contributed by atoms with Crippen LogP contribution in [0.1, 0.15) is 21.5 Å². The Morgan fingerprint density at radius 3 is 2.17 bits per heavy atom. The molecule has 0 aliphatic carbocycles. The van der Waals surface area contributed by atoms with Gasteiger partial charge in [-0.3, -0.25) is 4.79 Å². The monoisotopic (exact) mass is 346 g/mol. The fourth-order valence-corrected chi connectivity index (χ4v) is 2.56. The molecule has 0 saturated heterocycles. The van der Waals surface area contributed by atoms with Gasteiger partial charge in [-0.15, -0.1) is 0 Å². The number of halogens is 1. The molecule has 0 bridgehead atoms. The highest BCUT2D eigenvalue weighted by molar-refractivity contribution is 6.32. The molecule has 0 aromatic heterocycles. The zero-order valence-electron chi connectivity index (χ0n) is 14.1. The molecule has 2 rings (SSSR count). The van der Waals surface area contributed by atoms with Crippen LogP contribution >= 0.6 is 11.6 Å². The van der Waals surface area contributed by atoms with Crippen LogP contribution in [0.25, 0.3) is 6.08 Å². The van der Waals surface area contributed by atoms with Gasteiger partial charge in [-0.25, -0.2) is 0 Å². The van der Waals surface area contributed by atoms with Gasteiger partial charge in [0.1, 0.15) is 5.75 Å². The molecule has 0 unspecified atom stereocenters. The van der Waals surface area contributed by atoms with E-state index in [1.165, 1.54) is 13.2 Å². The SMILES string of the molecule is COc1ccc(/C=C/C(=O)c2cc(OC)c(OC)cc2C)cc1Cl. The fraction of sp³-hybridized carbons (Fsp3) is 0.211. The maximum absolute atomic E-state index is 12.5. The van der Waals surface area contributed by atoms with Crippen molar-refractivity contribution in [1.29, 1.82) is 0 Å². The van der Waals surface area contributed by atoms with Crippen LogP contribution in [0.5, 0.6) is 17.2 Å². The summed E-state index contributed by atoms with van der Waals surface area (Å²) in [5.74, 6) is 1.58. The zero-order valence-corrected chi connectivity index (χ0v) is 14.8. The van der Waals surface area contributed by atoms with Gasteiger partial charge >= 0.3 is 0 Å². The van der Waals surface area contributed by atoms with Crippen LogP contribution in [-0.4, -0.2) is 27.1 Å². The van der Waals surface area contributed by atoms with Crippen molar-refractivity contribution in [3.8, 4) is 17.2 Å². The second-order valence-corrected chi connectivity index (χ2v) is 5.52. The Hall–Kier alpha value is -2.46. The number of ketones is 1. The topological polar surface area (TPSA) is 44.8 Å². The Morgan fingerprint density at radius 1 is 0.958 bits per heavy atom. The van der Waals surface area contributed by atoms with Gasteiger partial charge in [0.2, 0.25) is 0 Å². The molecule has 24 heavy (non-hydrogen) atoms. The Bertz CT molecular complexity index is 781. The molecule has 0 saturated carbocycles. The molecule has 0 atom stereocenters. The molecule has 0 amide bonds. The molecule has 0 radical (unpaired) electrons. The van der Waals surface area contributed by atoms with E-state index >= 15 is 0 Å². The number of carbonyl (C=O) groups excluding carboxylic acids is 1. The van der Waals surface area contributed by atoms with Crippen molar-refractivity contribution in [2.45, 2.75) is 6.92 Å². The number of carbonyl (C=O) groups is 1. The van der Waals surface area contributed by atoms with Gasteiger partial charge in [0.25, 0.3) is 0 Å². The smallest absolute Gasteiger partial charge is 0.186 e. The summed E-state index contributed by atoms with van der Waals surface area (Å²) in [5.41, 5.74) is 2.19. The van der Waals surface area contributed by atoms with E-state index in [4.69, 9.17) is 25.8 Å². The van der Waals surface area contributed by atoms with Crippen molar-refractivity contribution < 1.29 is 19.0 Å². The lowest BCUT2D eigenvalue weighted by Gasteiger charge is -2.11. The quantitative estimate of drug-likeness (QED) is 0.567. The lowest BCUT2D eigenvalue weighted by atomic mass is 10.0. The number of allylic oxidation sites excluding steroid dienone is 1. The highest BCUT2D eigenvalue weighted by atomic mass is 35.5. The summed E-state index contributed by atoms with van der Waals surface area (Å²) in [5, 5.41) is 0.495. The summed E-state index contributed by atoms with van der Waals surface area (Å²) in [6.07, 6.45) is 3.22. The summed E-state index contributed by atoms with van der Waals surface area (Å²) in [6.45, 7) is 1.85. The third kappa shape index (κ3) is 3.89. The second kappa shape index (κ2) is 7.88. The summed E-state index contributed by atoms with van der Waals surface area (Å²) in [7, 11) is 4.66. The third-order valence-corrected chi connectivity index (χ3v) is 3.89. The lowest BCUT2D eigenvalue weighted by Crippen LogP contribution is -2.01. The molecule has 0 aliphatic heterocycles. The number of ether oxygens (including phenoxy) is 3. The van der Waals surface area contributed by atoms with Crippen LogP contribution in [0.4, 0.5) is 0 Å². The van der Waals surface area contributed by atoms with E-state index in [0.717, 1.165) is 11.1 Å². The van der Waals surface area contributed by atoms with Crippen molar-refractivity contribution in [3.63, 3.8) is 0 Å². The highest BCUT2D eigenvalue weighted by Crippen LogP contribution is 2.31. The number of rotatable bonds is 6. The molecule has 0 aliphatic rings. The first-order chi connectivity index (χ1) is 11.5. The summed E-state index contributed by atoms with van der Waals surface area (Å²) >= 11 is 6.09. The molecular weight excluding hydrogens is 328 g/mol. The number of aryl methyl sites for hydroxylation is 1. The molecule has 0 heterocycles. The molecule has 4 nitrogen and oxygen atoms in total. The second-order valence-electron chi connectivity index (χ2n) is 5.11. The van der Waals surface area contributed by atoms with Gasteiger partial charge in [0, 0.05) is 5.56 Å². The largest absolute Gasteiger partial charge is 0.495 e. The third-order valence-electron chi connectivity index (χ3n) is 3.60. The standard InChI is InChI=1S/C19H19ClO4/c1-12-9-18(23-3)19(24-4)11-14(12)16(21)7-5-13-6-8-17(22-2)15(20)10-13/h5-11H,1-4H3/b7-5+. The molecular formula is C19H19ClO4. The van der Waals surface area contributed by atoms with Crippen LogP contribution in [-0.2, 0) is 0 Å². The van der Waals surface area contributed by atoms with Crippen LogP contribution in [0.2, 0.25) is 5.02 Å². The Balaban J connectivity index is 2.28. The van der Waals surface area contributed by atoms with Gasteiger partial charge in [0.05, 0.1) is 26.4 Å². The summed E-state index contributed by atoms with van der Waals surface area (Å²) in [4.78, 5) is 12.5. The average Bonchev–Trinajstić information content (AvgIpc) is 2.59. The maximum atomic E-state index is 12.5. The predicted molar refractivity (Wildman–Crippen MR) is 95.7 cm³/mol. The molecule has 2 aromatic rings. The van der Waals surface area contributed by atoms with Gasteiger partial charge in [0.15, 0.2) is 17.3 Å². The first kappa shape index (κ1) is 17.9. The summed E-state index contributed by atoms with van der Waals surface area (Å²) in [6, 6.07) is 8.79. The van der Waals surface area contributed by atoms with Crippen molar-refractivity contribution in [2.75, 3.05) is 21.3 Å². The van der Waals surface area contributed by atoms with Crippen LogP contribution in [0.15, 0.2) is 36.4 Å². The van der Waals surface area contributed by atoms with Crippen molar-refractivity contribution >= 4 is 23.5 Å². The molecule has 126 valence electrons. The van der Waals surface area contributed by atoms with Crippen LogP contribution in [0, 0.1) is 6.92 Å². The van der Waals surface area contributed by atoms with Gasteiger partial charge in [-0.05, 0) is 48.4 Å². The van der Waals surface area contributed by atoms with Crippen molar-refractivity contribution in [1.82, 2.24) is 0 Å². The van der Waals surface area contributed by atoms with Crippen LogP contribution < -0.4 is 14.2 Å². The van der Waals surface area contributed by atoms with E-state index in [1.54, 1.807) is 44.6 Å². The predicted octanol–water partition coefficient (Wildman–Crippen LogP) is 4.57. The van der Waals surface area contributed by atoms with E-state index in [9.17, 15) is 4.79 Å². The number of hydrogen-bond donors (Lipinski definition) is 0. The van der Waals surface area contributed by atoms with Gasteiger partial charge in [-0.2, -0.15) is 0 Å². The Morgan fingerprint density at radius 2 is 1.58 bits per heavy atom. The van der Waals surface area contributed by atoms with E-state index in [-0.39, 0.29) is 5.78 Å². The Kier molecular flexibility index (Phi) is 5.88. The van der Waals surface area contributed by atoms with Gasteiger partial charge in [-0.1, -0.05) is 23.7 Å². The van der Waals surface area contributed by atoms with E-state index in [0.29, 0.717) is 27.8 Å². The number of methoxy groups -OCH3 is 3. The summed E-state index contributed by atoms with van der Waals surface area (Å²) < 4.78 is 15.6. The minimum atomic E-state index is -0.125. The van der Waals surface area contributed by atoms with E-state index in [1.807, 2.05) is 13.0 Å². The first-order valence-corrected chi connectivity index (χ1v) is 7.66. The van der Waals surface area contributed by atoms with E-state index in [2.05, 4.69) is 0 Å².